The number of nitrogens with zero attached hydrogens (tertiary/aromatic N) is 5. The molecule has 8 aromatic carbocycles. The van der Waals surface area contributed by atoms with Gasteiger partial charge < -0.3 is 8.98 Å². The van der Waals surface area contributed by atoms with E-state index in [-0.39, 0.29) is 0 Å². The second-order valence-corrected chi connectivity index (χ2v) is 14.3. The van der Waals surface area contributed by atoms with Gasteiger partial charge in [-0.2, -0.15) is 0 Å². The van der Waals surface area contributed by atoms with Crippen molar-refractivity contribution in [1.29, 1.82) is 0 Å². The lowest BCUT2D eigenvalue weighted by molar-refractivity contribution is 0.669. The standard InChI is InChI=1S/C52H31N5O/c1-53-38-27-23-33(24-28-38)36-25-29-41-40-17-8-10-20-44(40)57(46(41)32-36)45-30-26-37(39-19-12-22-48-49(39)42-18-9-11-21-47(42)58-48)31-43(45)52-55-50(34-13-4-2-5-14-34)54-51(56-52)35-15-6-3-7-16-35/h2-32H. The summed E-state index contributed by atoms with van der Waals surface area (Å²) in [5.74, 6) is 1.75. The van der Waals surface area contributed by atoms with Crippen molar-refractivity contribution in [2.75, 3.05) is 0 Å². The zero-order chi connectivity index (χ0) is 38.6. The highest BCUT2D eigenvalue weighted by molar-refractivity contribution is 6.13. The monoisotopic (exact) mass is 741 g/mol. The van der Waals surface area contributed by atoms with Gasteiger partial charge in [0.1, 0.15) is 11.2 Å². The van der Waals surface area contributed by atoms with E-state index in [0.717, 1.165) is 88.4 Å². The Bertz CT molecular complexity index is 3340. The zero-order valence-electron chi connectivity index (χ0n) is 31.0. The van der Waals surface area contributed by atoms with Crippen LogP contribution in [0.25, 0.3) is 111 Å². The number of furan rings is 1. The average molecular weight is 742 g/mol. The third-order valence-electron chi connectivity index (χ3n) is 10.9. The maximum absolute atomic E-state index is 7.47. The number of benzene rings is 8. The lowest BCUT2D eigenvalue weighted by atomic mass is 9.96. The van der Waals surface area contributed by atoms with Crippen LogP contribution in [0.3, 0.4) is 0 Å². The molecule has 0 aliphatic rings. The summed E-state index contributed by atoms with van der Waals surface area (Å²) >= 11 is 0. The van der Waals surface area contributed by atoms with Gasteiger partial charge in [-0.3, -0.25) is 0 Å². The Morgan fingerprint density at radius 1 is 0.414 bits per heavy atom. The smallest absolute Gasteiger partial charge is 0.187 e. The Balaban J connectivity index is 1.22. The summed E-state index contributed by atoms with van der Waals surface area (Å²) in [4.78, 5) is 19.2. The predicted octanol–water partition coefficient (Wildman–Crippen LogP) is 13.8. The average Bonchev–Trinajstić information content (AvgIpc) is 3.85. The van der Waals surface area contributed by atoms with Gasteiger partial charge in [0.2, 0.25) is 0 Å². The van der Waals surface area contributed by atoms with E-state index in [2.05, 4.69) is 94.3 Å². The Morgan fingerprint density at radius 2 is 1.02 bits per heavy atom. The minimum Gasteiger partial charge on any atom is -0.456 e. The predicted molar refractivity (Wildman–Crippen MR) is 235 cm³/mol. The lowest BCUT2D eigenvalue weighted by Gasteiger charge is -2.17. The first-order chi connectivity index (χ1) is 28.7. The molecule has 0 spiro atoms. The van der Waals surface area contributed by atoms with Crippen LogP contribution in [0, 0.1) is 6.57 Å². The Labute approximate surface area is 333 Å². The van der Waals surface area contributed by atoms with E-state index in [1.165, 1.54) is 0 Å². The lowest BCUT2D eigenvalue weighted by Crippen LogP contribution is -2.04. The normalized spacial score (nSPS) is 11.4. The summed E-state index contributed by atoms with van der Waals surface area (Å²) in [7, 11) is 0. The van der Waals surface area contributed by atoms with Crippen LogP contribution in [0.2, 0.25) is 0 Å². The van der Waals surface area contributed by atoms with Crippen molar-refractivity contribution in [3.05, 3.63) is 199 Å². The topological polar surface area (TPSA) is 61.1 Å². The Hall–Kier alpha value is -8.14. The summed E-state index contributed by atoms with van der Waals surface area (Å²) in [5.41, 5.74) is 12.2. The van der Waals surface area contributed by atoms with Crippen LogP contribution in [0.1, 0.15) is 0 Å². The fraction of sp³-hybridized carbons (Fsp3) is 0. The molecule has 0 atom stereocenters. The largest absolute Gasteiger partial charge is 0.456 e. The summed E-state index contributed by atoms with van der Waals surface area (Å²) < 4.78 is 8.68. The van der Waals surface area contributed by atoms with E-state index >= 15 is 0 Å². The Morgan fingerprint density at radius 3 is 1.76 bits per heavy atom. The minimum atomic E-state index is 0.561. The summed E-state index contributed by atoms with van der Waals surface area (Å²) in [6, 6.07) is 64.2. The van der Waals surface area contributed by atoms with Gasteiger partial charge in [-0.15, -0.1) is 0 Å². The number of hydrogen-bond donors (Lipinski definition) is 0. The van der Waals surface area contributed by atoms with Crippen molar-refractivity contribution < 1.29 is 4.42 Å². The van der Waals surface area contributed by atoms with E-state index in [0.29, 0.717) is 23.2 Å². The third-order valence-corrected chi connectivity index (χ3v) is 10.9. The minimum absolute atomic E-state index is 0.561. The first-order valence-electron chi connectivity index (χ1n) is 19.1. The highest BCUT2D eigenvalue weighted by Gasteiger charge is 2.22. The van der Waals surface area contributed by atoms with Gasteiger partial charge in [-0.25, -0.2) is 19.8 Å². The number of para-hydroxylation sites is 2. The first kappa shape index (κ1) is 33.2. The van der Waals surface area contributed by atoms with Crippen molar-refractivity contribution in [1.82, 2.24) is 19.5 Å². The molecule has 0 aliphatic carbocycles. The quantitative estimate of drug-likeness (QED) is 0.159. The van der Waals surface area contributed by atoms with Crippen molar-refractivity contribution in [2.45, 2.75) is 0 Å². The summed E-state index contributed by atoms with van der Waals surface area (Å²) in [5, 5.41) is 4.40. The van der Waals surface area contributed by atoms with Crippen LogP contribution in [0.15, 0.2) is 192 Å². The number of aromatic nitrogens is 4. The third kappa shape index (κ3) is 5.53. The van der Waals surface area contributed by atoms with Crippen LogP contribution >= 0.6 is 0 Å². The number of hydrogen-bond acceptors (Lipinski definition) is 4. The second-order valence-electron chi connectivity index (χ2n) is 14.3. The molecule has 0 N–H and O–H groups in total. The van der Waals surface area contributed by atoms with Gasteiger partial charge in [-0.1, -0.05) is 152 Å². The van der Waals surface area contributed by atoms with Crippen LogP contribution in [0.5, 0.6) is 0 Å². The van der Waals surface area contributed by atoms with Crippen LogP contribution in [-0.4, -0.2) is 19.5 Å². The maximum Gasteiger partial charge on any atom is 0.187 e. The molecule has 3 heterocycles. The molecule has 0 saturated heterocycles. The van der Waals surface area contributed by atoms with E-state index in [1.807, 2.05) is 103 Å². The fourth-order valence-electron chi connectivity index (χ4n) is 8.16. The molecule has 0 radical (unpaired) electrons. The van der Waals surface area contributed by atoms with Gasteiger partial charge in [-0.05, 0) is 58.7 Å². The molecule has 6 nitrogen and oxygen atoms in total. The fourth-order valence-corrected chi connectivity index (χ4v) is 8.16. The van der Waals surface area contributed by atoms with Crippen molar-refractivity contribution >= 4 is 49.4 Å². The molecular formula is C52H31N5O. The van der Waals surface area contributed by atoms with Crippen LogP contribution in [-0.2, 0) is 0 Å². The summed E-state index contributed by atoms with van der Waals surface area (Å²) in [6.45, 7) is 7.47. The van der Waals surface area contributed by atoms with Gasteiger partial charge >= 0.3 is 0 Å². The van der Waals surface area contributed by atoms with Crippen LogP contribution < -0.4 is 0 Å². The van der Waals surface area contributed by atoms with Crippen molar-refractivity contribution in [3.63, 3.8) is 0 Å². The zero-order valence-corrected chi connectivity index (χ0v) is 31.0. The molecule has 0 aliphatic heterocycles. The van der Waals surface area contributed by atoms with Gasteiger partial charge in [0.15, 0.2) is 23.2 Å². The molecule has 6 heteroatoms. The molecule has 270 valence electrons. The van der Waals surface area contributed by atoms with E-state index in [9.17, 15) is 0 Å². The molecule has 58 heavy (non-hydrogen) atoms. The molecule has 11 aromatic rings. The first-order valence-corrected chi connectivity index (χ1v) is 19.1. The van der Waals surface area contributed by atoms with Gasteiger partial charge in [0.25, 0.3) is 0 Å². The van der Waals surface area contributed by atoms with Gasteiger partial charge in [0.05, 0.1) is 23.3 Å². The van der Waals surface area contributed by atoms with E-state index in [4.69, 9.17) is 25.9 Å². The van der Waals surface area contributed by atoms with Gasteiger partial charge in [0, 0.05) is 38.2 Å². The highest BCUT2D eigenvalue weighted by atomic mass is 16.3. The molecule has 0 bridgehead atoms. The summed E-state index contributed by atoms with van der Waals surface area (Å²) in [6.07, 6.45) is 0. The number of fused-ring (bicyclic) bond motifs is 6. The molecule has 11 rings (SSSR count). The van der Waals surface area contributed by atoms with Crippen LogP contribution in [0.4, 0.5) is 5.69 Å². The maximum atomic E-state index is 7.47. The Kier molecular flexibility index (Phi) is 7.76. The van der Waals surface area contributed by atoms with Crippen molar-refractivity contribution in [2.24, 2.45) is 0 Å². The molecule has 0 amide bonds. The molecule has 0 saturated carbocycles. The number of rotatable bonds is 6. The van der Waals surface area contributed by atoms with E-state index < -0.39 is 0 Å². The molecule has 0 unspecified atom stereocenters. The second kappa shape index (κ2) is 13.6. The van der Waals surface area contributed by atoms with E-state index in [1.54, 1.807) is 0 Å². The SMILES string of the molecule is [C-]#[N+]c1ccc(-c2ccc3c4ccccc4n(-c4ccc(-c5cccc6oc7ccccc7c56)cc4-c4nc(-c5ccccc5)nc(-c5ccccc5)n4)c3c2)cc1. The highest BCUT2D eigenvalue weighted by Crippen LogP contribution is 2.42. The molecular weight excluding hydrogens is 711 g/mol. The van der Waals surface area contributed by atoms with Crippen molar-refractivity contribution in [3.8, 4) is 62.1 Å². The molecule has 0 fully saturated rings. The molecule has 3 aromatic heterocycles.